The minimum absolute atomic E-state index is 0.988. The molecule has 0 radical (unpaired) electrons. The highest BCUT2D eigenvalue weighted by atomic mass is 16.1. The zero-order chi connectivity index (χ0) is 13.5. The zero-order valence-corrected chi connectivity index (χ0v) is 12.5. The fourth-order valence-electron chi connectivity index (χ4n) is 2.18. The fourth-order valence-corrected chi connectivity index (χ4v) is 2.18. The molecule has 0 amide bonds. The van der Waals surface area contributed by atoms with E-state index in [1.807, 2.05) is 0 Å². The van der Waals surface area contributed by atoms with Gasteiger partial charge in [-0.15, -0.1) is 0 Å². The average molecular weight is 252 g/mol. The maximum atomic E-state index is 10.9. The Hall–Kier alpha value is -0.590. The van der Waals surface area contributed by atoms with E-state index in [2.05, 4.69) is 19.9 Å². The van der Waals surface area contributed by atoms with Crippen LogP contribution in [0, 0.1) is 0 Å². The highest BCUT2D eigenvalue weighted by Crippen LogP contribution is 2.12. The number of allylic oxidation sites excluding steroid dienone is 2. The van der Waals surface area contributed by atoms with Crippen LogP contribution in [0.2, 0.25) is 0 Å². The lowest BCUT2D eigenvalue weighted by Gasteiger charge is -2.01. The monoisotopic (exact) mass is 252 g/mol. The molecule has 0 rings (SSSR count). The highest BCUT2D eigenvalue weighted by molar-refractivity contribution is 5.72. The summed E-state index contributed by atoms with van der Waals surface area (Å²) < 4.78 is 0. The van der Waals surface area contributed by atoms with Gasteiger partial charge in [0.15, 0.2) is 0 Å². The summed E-state index contributed by atoms with van der Waals surface area (Å²) in [5, 5.41) is 0. The number of hydrogen-bond donors (Lipinski definition) is 0. The Kier molecular flexibility index (Phi) is 14.0. The third-order valence-electron chi connectivity index (χ3n) is 3.43. The van der Waals surface area contributed by atoms with Crippen molar-refractivity contribution in [3.05, 3.63) is 11.6 Å². The molecule has 0 unspecified atom stereocenters. The number of carbonyl (C=O) groups is 1. The predicted octanol–water partition coefficient (Wildman–Crippen LogP) is 5.83. The number of carbonyl (C=O) groups excluding carboxylic acids is 1. The van der Waals surface area contributed by atoms with Gasteiger partial charge in [0.05, 0.1) is 0 Å². The van der Waals surface area contributed by atoms with Crippen LogP contribution in [0.4, 0.5) is 0 Å². The highest BCUT2D eigenvalue weighted by Gasteiger charge is 1.96. The van der Waals surface area contributed by atoms with E-state index in [4.69, 9.17) is 0 Å². The molecule has 1 nitrogen and oxygen atoms in total. The summed E-state index contributed by atoms with van der Waals surface area (Å²) in [6, 6.07) is 0. The third kappa shape index (κ3) is 11.9. The molecule has 1 heteroatoms. The predicted molar refractivity (Wildman–Crippen MR) is 80.9 cm³/mol. The molecule has 0 bridgehead atoms. The Bertz CT molecular complexity index is 206. The fraction of sp³-hybridized carbons (Fsp3) is 0.824. The zero-order valence-electron chi connectivity index (χ0n) is 12.5. The maximum Gasteiger partial charge on any atom is 0.145 e. The minimum Gasteiger partial charge on any atom is -0.298 e. The molecular formula is C17H32O. The average Bonchev–Trinajstić information content (AvgIpc) is 2.40. The molecule has 0 saturated heterocycles. The Labute approximate surface area is 114 Å². The molecule has 0 aromatic rings. The van der Waals surface area contributed by atoms with Crippen molar-refractivity contribution in [2.75, 3.05) is 0 Å². The van der Waals surface area contributed by atoms with Crippen LogP contribution in [0.5, 0.6) is 0 Å². The van der Waals surface area contributed by atoms with Gasteiger partial charge in [-0.05, 0) is 31.3 Å². The van der Waals surface area contributed by atoms with Crippen molar-refractivity contribution >= 4 is 6.29 Å². The third-order valence-corrected chi connectivity index (χ3v) is 3.43. The maximum absolute atomic E-state index is 10.9. The van der Waals surface area contributed by atoms with Gasteiger partial charge >= 0.3 is 0 Å². The van der Waals surface area contributed by atoms with E-state index in [9.17, 15) is 4.79 Å². The van der Waals surface area contributed by atoms with Gasteiger partial charge in [-0.2, -0.15) is 0 Å². The van der Waals surface area contributed by atoms with Crippen molar-refractivity contribution in [1.29, 1.82) is 0 Å². The summed E-state index contributed by atoms with van der Waals surface area (Å²) in [6.45, 7) is 4.47. The molecule has 0 aliphatic heterocycles. The first kappa shape index (κ1) is 17.4. The second-order valence-corrected chi connectivity index (χ2v) is 5.26. The van der Waals surface area contributed by atoms with Gasteiger partial charge in [0.1, 0.15) is 6.29 Å². The second kappa shape index (κ2) is 14.5. The summed E-state index contributed by atoms with van der Waals surface area (Å²) in [5.41, 5.74) is 1.03. The summed E-state index contributed by atoms with van der Waals surface area (Å²) >= 11 is 0. The first-order valence-corrected chi connectivity index (χ1v) is 7.99. The van der Waals surface area contributed by atoms with Gasteiger partial charge < -0.3 is 0 Å². The molecule has 0 fully saturated rings. The van der Waals surface area contributed by atoms with E-state index >= 15 is 0 Å². The van der Waals surface area contributed by atoms with Crippen molar-refractivity contribution < 1.29 is 4.79 Å². The van der Waals surface area contributed by atoms with Crippen LogP contribution in [0.25, 0.3) is 0 Å². The first-order chi connectivity index (χ1) is 8.85. The van der Waals surface area contributed by atoms with E-state index in [0.717, 1.165) is 24.7 Å². The van der Waals surface area contributed by atoms with Crippen molar-refractivity contribution in [2.24, 2.45) is 0 Å². The molecule has 18 heavy (non-hydrogen) atoms. The quantitative estimate of drug-likeness (QED) is 0.229. The molecule has 0 spiro atoms. The molecule has 106 valence electrons. The lowest BCUT2D eigenvalue weighted by atomic mass is 10.0. The van der Waals surface area contributed by atoms with Crippen LogP contribution in [0.1, 0.15) is 90.9 Å². The molecule has 0 saturated carbocycles. The van der Waals surface area contributed by atoms with Crippen molar-refractivity contribution in [1.82, 2.24) is 0 Å². The van der Waals surface area contributed by atoms with E-state index in [0.29, 0.717) is 0 Å². The van der Waals surface area contributed by atoms with Crippen LogP contribution in [0.3, 0.4) is 0 Å². The number of hydrogen-bond acceptors (Lipinski definition) is 1. The van der Waals surface area contributed by atoms with Crippen LogP contribution < -0.4 is 0 Å². The largest absolute Gasteiger partial charge is 0.298 e. The molecular weight excluding hydrogens is 220 g/mol. The Balaban J connectivity index is 3.51. The summed E-state index contributed by atoms with van der Waals surface area (Å²) in [7, 11) is 0. The van der Waals surface area contributed by atoms with Crippen LogP contribution in [0.15, 0.2) is 11.6 Å². The normalized spacial score (nSPS) is 11.8. The van der Waals surface area contributed by atoms with Crippen molar-refractivity contribution in [2.45, 2.75) is 90.9 Å². The first-order valence-electron chi connectivity index (χ1n) is 7.99. The molecule has 0 aromatic heterocycles. The standard InChI is InChI=1S/C17H32O/c1-3-5-7-9-11-13-15-17(16-18)14-12-10-8-6-4-2/h15-16H,3-14H2,1-2H3. The molecule has 0 heterocycles. The van der Waals surface area contributed by atoms with Gasteiger partial charge in [0.25, 0.3) is 0 Å². The topological polar surface area (TPSA) is 17.1 Å². The SMILES string of the molecule is CCCCCCCC=C(C=O)CCCCCCC. The number of rotatable bonds is 13. The lowest BCUT2D eigenvalue weighted by Crippen LogP contribution is -1.87. The summed E-state index contributed by atoms with van der Waals surface area (Å²) in [5.74, 6) is 0. The van der Waals surface area contributed by atoms with Gasteiger partial charge in [-0.1, -0.05) is 71.3 Å². The van der Waals surface area contributed by atoms with E-state index in [1.165, 1.54) is 64.2 Å². The molecule has 0 N–H and O–H groups in total. The molecule has 0 aliphatic carbocycles. The van der Waals surface area contributed by atoms with E-state index in [-0.39, 0.29) is 0 Å². The van der Waals surface area contributed by atoms with Crippen LogP contribution >= 0.6 is 0 Å². The van der Waals surface area contributed by atoms with Crippen molar-refractivity contribution in [3.8, 4) is 0 Å². The summed E-state index contributed by atoms with van der Waals surface area (Å²) in [6.07, 6.45) is 18.2. The Morgan fingerprint density at radius 3 is 1.89 bits per heavy atom. The van der Waals surface area contributed by atoms with Gasteiger partial charge in [-0.3, -0.25) is 4.79 Å². The van der Waals surface area contributed by atoms with E-state index in [1.54, 1.807) is 0 Å². The van der Waals surface area contributed by atoms with Crippen molar-refractivity contribution in [3.63, 3.8) is 0 Å². The van der Waals surface area contributed by atoms with Crippen LogP contribution in [-0.2, 0) is 4.79 Å². The van der Waals surface area contributed by atoms with E-state index < -0.39 is 0 Å². The van der Waals surface area contributed by atoms with Crippen LogP contribution in [-0.4, -0.2) is 6.29 Å². The van der Waals surface area contributed by atoms with Gasteiger partial charge in [-0.25, -0.2) is 0 Å². The minimum atomic E-state index is 0.988. The van der Waals surface area contributed by atoms with Gasteiger partial charge in [0.2, 0.25) is 0 Å². The number of aldehydes is 1. The molecule has 0 atom stereocenters. The molecule has 0 aromatic carbocycles. The molecule has 0 aliphatic rings. The Morgan fingerprint density at radius 2 is 1.33 bits per heavy atom. The Morgan fingerprint density at radius 1 is 0.778 bits per heavy atom. The van der Waals surface area contributed by atoms with Gasteiger partial charge in [0, 0.05) is 0 Å². The lowest BCUT2D eigenvalue weighted by molar-refractivity contribution is -0.105. The number of unbranched alkanes of at least 4 members (excludes halogenated alkanes) is 9. The smallest absolute Gasteiger partial charge is 0.145 e. The second-order valence-electron chi connectivity index (χ2n) is 5.26. The summed E-state index contributed by atoms with van der Waals surface area (Å²) in [4.78, 5) is 10.9.